The van der Waals surface area contributed by atoms with Crippen LogP contribution in [-0.2, 0) is 0 Å². The molecule has 0 unspecified atom stereocenters. The molecule has 1 heterocycles. The summed E-state index contributed by atoms with van der Waals surface area (Å²) in [6.07, 6.45) is 3.39. The first-order valence-corrected chi connectivity index (χ1v) is 6.29. The second-order valence-electron chi connectivity index (χ2n) is 3.21. The minimum absolute atomic E-state index is 0.00822. The van der Waals surface area contributed by atoms with E-state index in [9.17, 15) is 4.79 Å². The minimum atomic E-state index is -0.0702. The van der Waals surface area contributed by atoms with Crippen molar-refractivity contribution < 1.29 is 4.79 Å². The number of halogens is 1. The van der Waals surface area contributed by atoms with Crippen molar-refractivity contribution >= 4 is 29.1 Å². The van der Waals surface area contributed by atoms with E-state index in [2.05, 4.69) is 9.97 Å². The van der Waals surface area contributed by atoms with Gasteiger partial charge in [0.05, 0.1) is 5.88 Å². The normalized spacial score (nSPS) is 10.2. The number of aromatic nitrogens is 2. The Kier molecular flexibility index (Phi) is 4.12. The van der Waals surface area contributed by atoms with Crippen LogP contribution in [0.4, 0.5) is 0 Å². The Bertz CT molecular complexity index is 502. The molecule has 1 aromatic heterocycles. The van der Waals surface area contributed by atoms with E-state index in [0.717, 1.165) is 4.90 Å². The summed E-state index contributed by atoms with van der Waals surface area (Å²) in [4.78, 5) is 20.5. The molecule has 0 fully saturated rings. The summed E-state index contributed by atoms with van der Waals surface area (Å²) in [5.74, 6) is -0.0620. The average Bonchev–Trinajstić information content (AvgIpc) is 2.40. The molecule has 0 N–H and O–H groups in total. The molecule has 0 saturated heterocycles. The predicted octanol–water partition coefficient (Wildman–Crippen LogP) is 3.05. The van der Waals surface area contributed by atoms with Gasteiger partial charge in [-0.3, -0.25) is 4.79 Å². The first-order valence-electron chi connectivity index (χ1n) is 4.93. The number of benzene rings is 1. The molecule has 5 heteroatoms. The molecule has 0 radical (unpaired) electrons. The summed E-state index contributed by atoms with van der Waals surface area (Å²) in [5.41, 5.74) is 0.623. The van der Waals surface area contributed by atoms with Gasteiger partial charge in [0.1, 0.15) is 0 Å². The van der Waals surface area contributed by atoms with Crippen molar-refractivity contribution in [3.05, 3.63) is 48.3 Å². The molecule has 0 aliphatic heterocycles. The summed E-state index contributed by atoms with van der Waals surface area (Å²) in [5, 5.41) is 0.684. The van der Waals surface area contributed by atoms with Crippen molar-refractivity contribution in [1.29, 1.82) is 0 Å². The van der Waals surface area contributed by atoms with Crippen LogP contribution in [0.3, 0.4) is 0 Å². The smallest absolute Gasteiger partial charge is 0.192 e. The molecule has 1 aromatic carbocycles. The average molecular weight is 265 g/mol. The molecule has 17 heavy (non-hydrogen) atoms. The molecule has 0 spiro atoms. The van der Waals surface area contributed by atoms with Crippen LogP contribution < -0.4 is 0 Å². The highest BCUT2D eigenvalue weighted by atomic mass is 35.5. The van der Waals surface area contributed by atoms with E-state index in [4.69, 9.17) is 11.6 Å². The van der Waals surface area contributed by atoms with Crippen molar-refractivity contribution in [1.82, 2.24) is 9.97 Å². The Morgan fingerprint density at radius 2 is 1.82 bits per heavy atom. The van der Waals surface area contributed by atoms with Crippen LogP contribution in [0.1, 0.15) is 10.4 Å². The second-order valence-corrected chi connectivity index (χ2v) is 4.52. The summed E-state index contributed by atoms with van der Waals surface area (Å²) in [6.45, 7) is 0. The monoisotopic (exact) mass is 264 g/mol. The zero-order chi connectivity index (χ0) is 12.1. The fourth-order valence-corrected chi connectivity index (χ4v) is 2.09. The molecule has 86 valence electrons. The van der Waals surface area contributed by atoms with Crippen LogP contribution in [0.2, 0.25) is 0 Å². The lowest BCUT2D eigenvalue weighted by Gasteiger charge is -2.01. The molecule has 0 aliphatic carbocycles. The molecule has 0 bridgehead atoms. The quantitative estimate of drug-likeness (QED) is 0.484. The van der Waals surface area contributed by atoms with Crippen LogP contribution >= 0.6 is 23.4 Å². The first kappa shape index (κ1) is 12.1. The highest BCUT2D eigenvalue weighted by Gasteiger charge is 2.04. The third-order valence-corrected chi connectivity index (χ3v) is 3.19. The van der Waals surface area contributed by atoms with Crippen LogP contribution in [0.25, 0.3) is 0 Å². The number of hydrogen-bond donors (Lipinski definition) is 0. The molecule has 0 saturated carbocycles. The van der Waals surface area contributed by atoms with E-state index < -0.39 is 0 Å². The molecule has 2 aromatic rings. The Morgan fingerprint density at radius 3 is 2.41 bits per heavy atom. The zero-order valence-electron chi connectivity index (χ0n) is 8.84. The standard InChI is InChI=1S/C12H9ClN2OS/c13-8-11(16)9-2-4-10(5-3-9)17-12-14-6-1-7-15-12/h1-7H,8H2. The van der Waals surface area contributed by atoms with Crippen LogP contribution in [0.5, 0.6) is 0 Å². The Labute approximate surface area is 108 Å². The summed E-state index contributed by atoms with van der Waals surface area (Å²) >= 11 is 6.93. The number of hydrogen-bond acceptors (Lipinski definition) is 4. The topological polar surface area (TPSA) is 42.9 Å². The summed E-state index contributed by atoms with van der Waals surface area (Å²) in [7, 11) is 0. The fourth-order valence-electron chi connectivity index (χ4n) is 1.23. The van der Waals surface area contributed by atoms with Gasteiger partial charge in [0, 0.05) is 22.9 Å². The second kappa shape index (κ2) is 5.80. The van der Waals surface area contributed by atoms with Crippen LogP contribution in [-0.4, -0.2) is 21.6 Å². The number of alkyl halides is 1. The molecule has 3 nitrogen and oxygen atoms in total. The molecular weight excluding hydrogens is 256 g/mol. The first-order chi connectivity index (χ1) is 8.29. The lowest BCUT2D eigenvalue weighted by Crippen LogP contribution is -1.99. The number of Topliss-reactive ketones (excluding diaryl/α,β-unsaturated/α-hetero) is 1. The number of carbonyl (C=O) groups is 1. The van der Waals surface area contributed by atoms with E-state index >= 15 is 0 Å². The molecular formula is C12H9ClN2OS. The number of rotatable bonds is 4. The van der Waals surface area contributed by atoms with Crippen molar-refractivity contribution in [2.45, 2.75) is 10.1 Å². The molecule has 0 aliphatic rings. The predicted molar refractivity (Wildman–Crippen MR) is 67.6 cm³/mol. The third kappa shape index (κ3) is 3.28. The van der Waals surface area contributed by atoms with E-state index in [1.165, 1.54) is 11.8 Å². The Balaban J connectivity index is 2.11. The van der Waals surface area contributed by atoms with Crippen LogP contribution in [0, 0.1) is 0 Å². The van der Waals surface area contributed by atoms with Gasteiger partial charge in [-0.2, -0.15) is 0 Å². The molecule has 2 rings (SSSR count). The van der Waals surface area contributed by atoms with Gasteiger partial charge < -0.3 is 0 Å². The largest absolute Gasteiger partial charge is 0.293 e. The van der Waals surface area contributed by atoms with Gasteiger partial charge in [-0.05, 0) is 30.0 Å². The van der Waals surface area contributed by atoms with Gasteiger partial charge in [0.2, 0.25) is 0 Å². The highest BCUT2D eigenvalue weighted by molar-refractivity contribution is 7.99. The number of carbonyl (C=O) groups excluding carboxylic acids is 1. The summed E-state index contributed by atoms with van der Waals surface area (Å²) < 4.78 is 0. The maximum Gasteiger partial charge on any atom is 0.192 e. The fraction of sp³-hybridized carbons (Fsp3) is 0.0833. The van der Waals surface area contributed by atoms with Gasteiger partial charge in [-0.15, -0.1) is 11.6 Å². The van der Waals surface area contributed by atoms with E-state index in [1.54, 1.807) is 30.6 Å². The van der Waals surface area contributed by atoms with E-state index in [0.29, 0.717) is 10.7 Å². The SMILES string of the molecule is O=C(CCl)c1ccc(Sc2ncccn2)cc1. The van der Waals surface area contributed by atoms with E-state index in [1.807, 2.05) is 12.1 Å². The van der Waals surface area contributed by atoms with Crippen molar-refractivity contribution in [2.75, 3.05) is 5.88 Å². The van der Waals surface area contributed by atoms with Crippen molar-refractivity contribution in [3.8, 4) is 0 Å². The van der Waals surface area contributed by atoms with Crippen LogP contribution in [0.15, 0.2) is 52.8 Å². The molecule has 0 amide bonds. The third-order valence-electron chi connectivity index (χ3n) is 2.05. The van der Waals surface area contributed by atoms with Crippen molar-refractivity contribution in [3.63, 3.8) is 0 Å². The Morgan fingerprint density at radius 1 is 1.18 bits per heavy atom. The van der Waals surface area contributed by atoms with E-state index in [-0.39, 0.29) is 11.7 Å². The number of nitrogens with zero attached hydrogens (tertiary/aromatic N) is 2. The van der Waals surface area contributed by atoms with Gasteiger partial charge in [0.15, 0.2) is 10.9 Å². The lowest BCUT2D eigenvalue weighted by molar-refractivity contribution is 0.102. The maximum atomic E-state index is 11.3. The maximum absolute atomic E-state index is 11.3. The zero-order valence-corrected chi connectivity index (χ0v) is 10.4. The summed E-state index contributed by atoms with van der Waals surface area (Å²) in [6, 6.07) is 9.01. The van der Waals surface area contributed by atoms with Gasteiger partial charge in [-0.25, -0.2) is 9.97 Å². The minimum Gasteiger partial charge on any atom is -0.293 e. The van der Waals surface area contributed by atoms with Gasteiger partial charge in [-0.1, -0.05) is 12.1 Å². The Hall–Kier alpha value is -1.39. The molecule has 0 atom stereocenters. The number of ketones is 1. The van der Waals surface area contributed by atoms with Gasteiger partial charge in [0.25, 0.3) is 0 Å². The van der Waals surface area contributed by atoms with Gasteiger partial charge >= 0.3 is 0 Å². The highest BCUT2D eigenvalue weighted by Crippen LogP contribution is 2.24. The van der Waals surface area contributed by atoms with Crippen molar-refractivity contribution in [2.24, 2.45) is 0 Å². The lowest BCUT2D eigenvalue weighted by atomic mass is 10.1.